The van der Waals surface area contributed by atoms with Gasteiger partial charge in [0.1, 0.15) is 6.07 Å². The van der Waals surface area contributed by atoms with E-state index in [1.165, 1.54) is 18.4 Å². The largest absolute Gasteiger partial charge is 0.534 e. The van der Waals surface area contributed by atoms with Crippen LogP contribution in [0.15, 0.2) is 22.9 Å². The first-order valence-electron chi connectivity index (χ1n) is 4.53. The Balaban J connectivity index is 2.56. The van der Waals surface area contributed by atoms with Gasteiger partial charge in [-0.15, -0.1) is 0 Å². The second-order valence-corrected chi connectivity index (χ2v) is 4.78. The number of furan rings is 1. The third kappa shape index (κ3) is 2.19. The molecule has 2 aromatic heterocycles. The van der Waals surface area contributed by atoms with Crippen LogP contribution in [0.2, 0.25) is 0 Å². The SMILES string of the molecule is N#Cc1c(OS(=O)(=O)C(F)(F)F)ncc2ccoc12. The highest BCUT2D eigenvalue weighted by Crippen LogP contribution is 2.30. The first-order valence-corrected chi connectivity index (χ1v) is 5.94. The van der Waals surface area contributed by atoms with E-state index in [2.05, 4.69) is 9.17 Å². The lowest BCUT2D eigenvalue weighted by molar-refractivity contribution is -0.0501. The molecule has 0 aromatic carbocycles. The summed E-state index contributed by atoms with van der Waals surface area (Å²) in [6.45, 7) is 0. The van der Waals surface area contributed by atoms with Crippen molar-refractivity contribution in [3.8, 4) is 11.9 Å². The summed E-state index contributed by atoms with van der Waals surface area (Å²) in [5.74, 6) is -0.984. The Morgan fingerprint density at radius 3 is 2.68 bits per heavy atom. The van der Waals surface area contributed by atoms with Crippen LogP contribution in [-0.4, -0.2) is 18.9 Å². The molecule has 6 nitrogen and oxygen atoms in total. The zero-order chi connectivity index (χ0) is 14.3. The van der Waals surface area contributed by atoms with Gasteiger partial charge in [0, 0.05) is 11.6 Å². The maximum Gasteiger partial charge on any atom is 0.534 e. The van der Waals surface area contributed by atoms with E-state index in [4.69, 9.17) is 9.68 Å². The molecule has 100 valence electrons. The maximum absolute atomic E-state index is 12.2. The van der Waals surface area contributed by atoms with Crippen LogP contribution in [0.3, 0.4) is 0 Å². The summed E-state index contributed by atoms with van der Waals surface area (Å²) < 4.78 is 66.8. The van der Waals surface area contributed by atoms with Crippen molar-refractivity contribution in [2.45, 2.75) is 5.51 Å². The highest BCUT2D eigenvalue weighted by atomic mass is 32.2. The summed E-state index contributed by atoms with van der Waals surface area (Å²) in [5.41, 5.74) is -6.25. The van der Waals surface area contributed by atoms with E-state index in [-0.39, 0.29) is 5.58 Å². The molecule has 2 aromatic rings. The average molecular weight is 292 g/mol. The molecule has 0 fully saturated rings. The van der Waals surface area contributed by atoms with Crippen LogP contribution in [0.25, 0.3) is 11.0 Å². The van der Waals surface area contributed by atoms with Gasteiger partial charge in [-0.2, -0.15) is 26.9 Å². The van der Waals surface area contributed by atoms with Crippen LogP contribution >= 0.6 is 0 Å². The Morgan fingerprint density at radius 1 is 1.42 bits per heavy atom. The number of halogens is 3. The van der Waals surface area contributed by atoms with Crippen LogP contribution in [0.4, 0.5) is 13.2 Å². The smallest absolute Gasteiger partial charge is 0.463 e. The second-order valence-electron chi connectivity index (χ2n) is 3.24. The van der Waals surface area contributed by atoms with Crippen molar-refractivity contribution in [1.82, 2.24) is 4.98 Å². The molecular weight excluding hydrogens is 289 g/mol. The molecular formula is C9H3F3N2O4S. The highest BCUT2D eigenvalue weighted by Gasteiger charge is 2.49. The first kappa shape index (κ1) is 13.2. The molecule has 2 rings (SSSR count). The number of fused-ring (bicyclic) bond motifs is 1. The fourth-order valence-corrected chi connectivity index (χ4v) is 1.66. The van der Waals surface area contributed by atoms with Crippen molar-refractivity contribution in [2.75, 3.05) is 0 Å². The van der Waals surface area contributed by atoms with Crippen LogP contribution in [0.1, 0.15) is 5.56 Å². The number of pyridine rings is 1. The predicted octanol–water partition coefficient (Wildman–Crippen LogP) is 1.93. The number of aromatic nitrogens is 1. The minimum absolute atomic E-state index is 0.107. The van der Waals surface area contributed by atoms with E-state index in [9.17, 15) is 21.6 Å². The van der Waals surface area contributed by atoms with Gasteiger partial charge in [-0.25, -0.2) is 4.98 Å². The van der Waals surface area contributed by atoms with Crippen molar-refractivity contribution in [2.24, 2.45) is 0 Å². The number of rotatable bonds is 2. The van der Waals surface area contributed by atoms with Gasteiger partial charge < -0.3 is 8.60 Å². The molecule has 0 amide bonds. The number of hydrogen-bond acceptors (Lipinski definition) is 6. The monoisotopic (exact) mass is 292 g/mol. The van der Waals surface area contributed by atoms with Gasteiger partial charge in [0.05, 0.1) is 6.26 Å². The van der Waals surface area contributed by atoms with Crippen LogP contribution < -0.4 is 4.18 Å². The number of hydrogen-bond donors (Lipinski definition) is 0. The average Bonchev–Trinajstić information content (AvgIpc) is 2.74. The molecule has 0 radical (unpaired) electrons. The fraction of sp³-hybridized carbons (Fsp3) is 0.111. The first-order chi connectivity index (χ1) is 8.76. The number of nitrogens with zero attached hydrogens (tertiary/aromatic N) is 2. The van der Waals surface area contributed by atoms with Crippen LogP contribution in [0.5, 0.6) is 5.88 Å². The molecule has 0 aliphatic rings. The molecule has 0 aliphatic carbocycles. The molecule has 0 bridgehead atoms. The number of alkyl halides is 3. The van der Waals surface area contributed by atoms with Gasteiger partial charge in [-0.3, -0.25) is 0 Å². The summed E-state index contributed by atoms with van der Waals surface area (Å²) in [4.78, 5) is 3.36. The van der Waals surface area contributed by atoms with Gasteiger partial charge in [0.2, 0.25) is 0 Å². The molecule has 2 heterocycles. The van der Waals surface area contributed by atoms with Crippen molar-refractivity contribution >= 4 is 21.1 Å². The molecule has 0 N–H and O–H groups in total. The zero-order valence-electron chi connectivity index (χ0n) is 8.80. The van der Waals surface area contributed by atoms with Crippen molar-refractivity contribution in [1.29, 1.82) is 5.26 Å². The van der Waals surface area contributed by atoms with Gasteiger partial charge in [0.15, 0.2) is 11.1 Å². The van der Waals surface area contributed by atoms with Gasteiger partial charge in [0.25, 0.3) is 5.88 Å². The Morgan fingerprint density at radius 2 is 2.11 bits per heavy atom. The van der Waals surface area contributed by atoms with E-state index >= 15 is 0 Å². The van der Waals surface area contributed by atoms with Crippen molar-refractivity contribution in [3.05, 3.63) is 24.1 Å². The number of nitriles is 1. The fourth-order valence-electron chi connectivity index (χ4n) is 1.23. The lowest BCUT2D eigenvalue weighted by atomic mass is 10.2. The van der Waals surface area contributed by atoms with Gasteiger partial charge >= 0.3 is 15.6 Å². The minimum Gasteiger partial charge on any atom is -0.463 e. The summed E-state index contributed by atoms with van der Waals surface area (Å²) >= 11 is 0. The Labute approximate surface area is 104 Å². The standard InChI is InChI=1S/C9H3F3N2O4S/c10-9(11,12)19(15,16)18-8-6(3-13)7-5(4-14-8)1-2-17-7/h1-2,4H. The molecule has 0 atom stereocenters. The molecule has 0 spiro atoms. The Hall–Kier alpha value is -2.28. The molecule has 19 heavy (non-hydrogen) atoms. The molecule has 0 unspecified atom stereocenters. The Bertz CT molecular complexity index is 773. The lowest BCUT2D eigenvalue weighted by Gasteiger charge is -2.09. The third-order valence-corrected chi connectivity index (χ3v) is 2.99. The van der Waals surface area contributed by atoms with Gasteiger partial charge in [-0.1, -0.05) is 0 Å². The highest BCUT2D eigenvalue weighted by molar-refractivity contribution is 7.87. The molecule has 10 heteroatoms. The zero-order valence-corrected chi connectivity index (χ0v) is 9.62. The second kappa shape index (κ2) is 4.13. The van der Waals surface area contributed by atoms with E-state index in [1.54, 1.807) is 0 Å². The summed E-state index contributed by atoms with van der Waals surface area (Å²) in [5, 5.41) is 9.16. The Kier molecular flexibility index (Phi) is 2.86. The molecule has 0 saturated carbocycles. The third-order valence-electron chi connectivity index (χ3n) is 2.04. The summed E-state index contributed by atoms with van der Waals surface area (Å²) in [6.07, 6.45) is 2.20. The minimum atomic E-state index is -5.89. The summed E-state index contributed by atoms with van der Waals surface area (Å²) in [6, 6.07) is 2.89. The van der Waals surface area contributed by atoms with Gasteiger partial charge in [-0.05, 0) is 6.07 Å². The van der Waals surface area contributed by atoms with Crippen LogP contribution in [-0.2, 0) is 10.1 Å². The molecule has 0 aliphatic heterocycles. The van der Waals surface area contributed by atoms with E-state index in [1.807, 2.05) is 0 Å². The summed E-state index contributed by atoms with van der Waals surface area (Å²) in [7, 11) is -5.89. The van der Waals surface area contributed by atoms with E-state index < -0.39 is 27.1 Å². The lowest BCUT2D eigenvalue weighted by Crippen LogP contribution is -2.28. The maximum atomic E-state index is 12.2. The normalized spacial score (nSPS) is 12.3. The topological polar surface area (TPSA) is 93.2 Å². The predicted molar refractivity (Wildman–Crippen MR) is 54.3 cm³/mol. The quantitative estimate of drug-likeness (QED) is 0.620. The van der Waals surface area contributed by atoms with E-state index in [0.717, 1.165) is 6.20 Å². The molecule has 0 saturated heterocycles. The van der Waals surface area contributed by atoms with Crippen LogP contribution in [0, 0.1) is 11.3 Å². The van der Waals surface area contributed by atoms with E-state index in [0.29, 0.717) is 5.39 Å². The van der Waals surface area contributed by atoms with Crippen molar-refractivity contribution in [3.63, 3.8) is 0 Å². The van der Waals surface area contributed by atoms with Crippen molar-refractivity contribution < 1.29 is 30.2 Å².